The van der Waals surface area contributed by atoms with E-state index in [1.54, 1.807) is 47.4 Å². The molecule has 0 spiro atoms. The second-order valence-electron chi connectivity index (χ2n) is 5.58. The largest absolute Gasteiger partial charge is 0.326 e. The molecule has 7 heteroatoms. The van der Waals surface area contributed by atoms with Gasteiger partial charge in [-0.05, 0) is 12.1 Å². The van der Waals surface area contributed by atoms with E-state index in [-0.39, 0.29) is 11.4 Å². The first kappa shape index (κ1) is 15.1. The topological polar surface area (TPSA) is 75.6 Å². The van der Waals surface area contributed by atoms with E-state index in [1.807, 2.05) is 6.07 Å². The maximum atomic E-state index is 13.9. The van der Waals surface area contributed by atoms with Crippen LogP contribution < -0.4 is 10.9 Å². The molecule has 0 aliphatic rings. The minimum absolute atomic E-state index is 0.198. The van der Waals surface area contributed by atoms with Crippen molar-refractivity contribution in [3.8, 4) is 0 Å². The van der Waals surface area contributed by atoms with Gasteiger partial charge in [0.05, 0.1) is 18.3 Å². The molecule has 0 saturated carbocycles. The molecule has 0 unspecified atom stereocenters. The van der Waals surface area contributed by atoms with Gasteiger partial charge in [0.1, 0.15) is 17.5 Å². The van der Waals surface area contributed by atoms with Gasteiger partial charge in [0, 0.05) is 29.3 Å². The zero-order valence-corrected chi connectivity index (χ0v) is 13.1. The lowest BCUT2D eigenvalue weighted by molar-refractivity contribution is 0.590. The van der Waals surface area contributed by atoms with Gasteiger partial charge < -0.3 is 10.3 Å². The Morgan fingerprint density at radius 3 is 2.84 bits per heavy atom. The summed E-state index contributed by atoms with van der Waals surface area (Å²) in [6.07, 6.45) is 3.38. The predicted octanol–water partition coefficient (Wildman–Crippen LogP) is 3.05. The van der Waals surface area contributed by atoms with Crippen molar-refractivity contribution >= 4 is 22.5 Å². The number of benzene rings is 1. The number of aromatic nitrogens is 4. The van der Waals surface area contributed by atoms with Gasteiger partial charge in [-0.25, -0.2) is 9.37 Å². The van der Waals surface area contributed by atoms with Crippen LogP contribution in [0.15, 0.2) is 65.7 Å². The molecular formula is C18H14FN5O. The van der Waals surface area contributed by atoms with E-state index < -0.39 is 0 Å². The fourth-order valence-electron chi connectivity index (χ4n) is 2.61. The number of fused-ring (bicyclic) bond motifs is 1. The van der Waals surface area contributed by atoms with Crippen molar-refractivity contribution in [1.29, 1.82) is 0 Å². The first-order valence-electron chi connectivity index (χ1n) is 7.70. The molecule has 0 aliphatic carbocycles. The summed E-state index contributed by atoms with van der Waals surface area (Å²) < 4.78 is 15.6. The van der Waals surface area contributed by atoms with Gasteiger partial charge in [-0.3, -0.25) is 9.48 Å². The summed E-state index contributed by atoms with van der Waals surface area (Å²) >= 11 is 0. The summed E-state index contributed by atoms with van der Waals surface area (Å²) in [5.41, 5.74) is 1.18. The van der Waals surface area contributed by atoms with Crippen LogP contribution in [0.25, 0.3) is 10.9 Å². The summed E-state index contributed by atoms with van der Waals surface area (Å²) in [5, 5.41) is 8.22. The molecule has 0 fully saturated rings. The molecule has 4 aromatic rings. The average Bonchev–Trinajstić information content (AvgIpc) is 2.99. The smallest absolute Gasteiger partial charge is 0.249 e. The van der Waals surface area contributed by atoms with Crippen LogP contribution >= 0.6 is 0 Å². The van der Waals surface area contributed by atoms with Gasteiger partial charge in [-0.2, -0.15) is 5.10 Å². The Bertz CT molecular complexity index is 1100. The molecule has 25 heavy (non-hydrogen) atoms. The Kier molecular flexibility index (Phi) is 3.74. The summed E-state index contributed by atoms with van der Waals surface area (Å²) in [7, 11) is 0. The van der Waals surface area contributed by atoms with E-state index >= 15 is 0 Å². The molecule has 2 N–H and O–H groups in total. The highest BCUT2D eigenvalue weighted by atomic mass is 19.1. The molecule has 3 aromatic heterocycles. The summed E-state index contributed by atoms with van der Waals surface area (Å²) in [4.78, 5) is 18.4. The standard InChI is InChI=1S/C18H14FN5O/c19-14-5-2-1-4-12(14)11-24-15-8-17(20-9-13(15)10-21-24)22-16-6-3-7-18(25)23-16/h1-10H,11H2,(H2,20,22,23,25). The van der Waals surface area contributed by atoms with Crippen molar-refractivity contribution in [3.05, 3.63) is 82.7 Å². The van der Waals surface area contributed by atoms with Gasteiger partial charge >= 0.3 is 0 Å². The normalized spacial score (nSPS) is 10.9. The molecule has 1 aromatic carbocycles. The Balaban J connectivity index is 1.68. The Morgan fingerprint density at radius 2 is 2.00 bits per heavy atom. The van der Waals surface area contributed by atoms with E-state index in [1.165, 1.54) is 12.1 Å². The number of rotatable bonds is 4. The Labute approximate surface area is 142 Å². The molecular weight excluding hydrogens is 321 g/mol. The lowest BCUT2D eigenvalue weighted by atomic mass is 10.2. The van der Waals surface area contributed by atoms with Gasteiger partial charge in [0.2, 0.25) is 5.56 Å². The number of halogens is 1. The van der Waals surface area contributed by atoms with E-state index in [0.29, 0.717) is 23.7 Å². The fraction of sp³-hybridized carbons (Fsp3) is 0.0556. The number of hydrogen-bond acceptors (Lipinski definition) is 4. The summed E-state index contributed by atoms with van der Waals surface area (Å²) in [5.74, 6) is 0.838. The van der Waals surface area contributed by atoms with E-state index in [4.69, 9.17) is 0 Å². The summed E-state index contributed by atoms with van der Waals surface area (Å²) in [6, 6.07) is 13.3. The zero-order valence-electron chi connectivity index (χ0n) is 13.1. The predicted molar refractivity (Wildman–Crippen MR) is 93.4 cm³/mol. The van der Waals surface area contributed by atoms with Crippen LogP contribution in [0.5, 0.6) is 0 Å². The van der Waals surface area contributed by atoms with Crippen LogP contribution in [-0.2, 0) is 6.54 Å². The highest BCUT2D eigenvalue weighted by Crippen LogP contribution is 2.20. The maximum absolute atomic E-state index is 13.9. The van der Waals surface area contributed by atoms with Crippen molar-refractivity contribution in [2.24, 2.45) is 0 Å². The number of aromatic amines is 1. The molecule has 124 valence electrons. The Morgan fingerprint density at radius 1 is 1.12 bits per heavy atom. The molecule has 0 aliphatic heterocycles. The van der Waals surface area contributed by atoms with Crippen molar-refractivity contribution < 1.29 is 4.39 Å². The third-order valence-corrected chi connectivity index (χ3v) is 3.84. The van der Waals surface area contributed by atoms with Crippen LogP contribution in [-0.4, -0.2) is 19.7 Å². The zero-order chi connectivity index (χ0) is 17.2. The van der Waals surface area contributed by atoms with Gasteiger partial charge in [0.25, 0.3) is 0 Å². The lowest BCUT2D eigenvalue weighted by Gasteiger charge is -2.07. The second kappa shape index (κ2) is 6.20. The number of anilines is 2. The monoisotopic (exact) mass is 335 g/mol. The molecule has 0 bridgehead atoms. The first-order valence-corrected chi connectivity index (χ1v) is 7.70. The molecule has 6 nitrogen and oxygen atoms in total. The maximum Gasteiger partial charge on any atom is 0.249 e. The second-order valence-corrected chi connectivity index (χ2v) is 5.58. The first-order chi connectivity index (χ1) is 12.2. The number of H-pyrrole nitrogens is 1. The molecule has 4 rings (SSSR count). The van der Waals surface area contributed by atoms with Crippen LogP contribution in [0.4, 0.5) is 16.0 Å². The molecule has 0 saturated heterocycles. The SMILES string of the molecule is O=c1cccc(Nc2cc3c(cn2)cnn3Cc2ccccc2F)[nH]1. The summed E-state index contributed by atoms with van der Waals surface area (Å²) in [6.45, 7) is 0.321. The third kappa shape index (κ3) is 3.12. The highest BCUT2D eigenvalue weighted by molar-refractivity contribution is 5.80. The van der Waals surface area contributed by atoms with Crippen LogP contribution in [0, 0.1) is 5.82 Å². The van der Waals surface area contributed by atoms with Crippen molar-refractivity contribution in [2.75, 3.05) is 5.32 Å². The number of hydrogen-bond donors (Lipinski definition) is 2. The van der Waals surface area contributed by atoms with Crippen LogP contribution in [0.2, 0.25) is 0 Å². The number of nitrogens with one attached hydrogen (secondary N) is 2. The van der Waals surface area contributed by atoms with Crippen LogP contribution in [0.3, 0.4) is 0 Å². The highest BCUT2D eigenvalue weighted by Gasteiger charge is 2.08. The quantitative estimate of drug-likeness (QED) is 0.601. The average molecular weight is 335 g/mol. The van der Waals surface area contributed by atoms with E-state index in [9.17, 15) is 9.18 Å². The van der Waals surface area contributed by atoms with Gasteiger partial charge in [0.15, 0.2) is 0 Å². The third-order valence-electron chi connectivity index (χ3n) is 3.84. The molecule has 0 amide bonds. The number of pyridine rings is 2. The minimum atomic E-state index is -0.264. The van der Waals surface area contributed by atoms with Gasteiger partial charge in [-0.1, -0.05) is 24.3 Å². The van der Waals surface area contributed by atoms with Crippen molar-refractivity contribution in [2.45, 2.75) is 6.54 Å². The van der Waals surface area contributed by atoms with Gasteiger partial charge in [-0.15, -0.1) is 0 Å². The van der Waals surface area contributed by atoms with E-state index in [2.05, 4.69) is 20.4 Å². The minimum Gasteiger partial charge on any atom is -0.326 e. The molecule has 3 heterocycles. The Hall–Kier alpha value is -3.48. The lowest BCUT2D eigenvalue weighted by Crippen LogP contribution is -2.07. The number of nitrogens with zero attached hydrogens (tertiary/aromatic N) is 3. The van der Waals surface area contributed by atoms with E-state index in [0.717, 1.165) is 10.9 Å². The van der Waals surface area contributed by atoms with Crippen molar-refractivity contribution in [1.82, 2.24) is 19.7 Å². The van der Waals surface area contributed by atoms with Crippen molar-refractivity contribution in [3.63, 3.8) is 0 Å². The fourth-order valence-corrected chi connectivity index (χ4v) is 2.61. The van der Waals surface area contributed by atoms with Crippen LogP contribution in [0.1, 0.15) is 5.56 Å². The molecule has 0 radical (unpaired) electrons. The molecule has 0 atom stereocenters.